The van der Waals surface area contributed by atoms with Gasteiger partial charge in [0.2, 0.25) is 0 Å². The normalized spacial score (nSPS) is 9.68. The van der Waals surface area contributed by atoms with Crippen LogP contribution in [0, 0.1) is 11.3 Å². The zero-order chi connectivity index (χ0) is 16.3. The molecule has 1 rings (SSSR count). The molecule has 0 bridgehead atoms. The average molecular weight is 303 g/mol. The van der Waals surface area contributed by atoms with Crippen LogP contribution in [0.4, 0.5) is 0 Å². The summed E-state index contributed by atoms with van der Waals surface area (Å²) < 4.78 is 0. The molecule has 0 aliphatic rings. The molecule has 124 valence electrons. The Morgan fingerprint density at radius 2 is 1.32 bits per heavy atom. The van der Waals surface area contributed by atoms with Gasteiger partial charge in [-0.3, -0.25) is 0 Å². The molecule has 0 aliphatic heterocycles. The van der Waals surface area contributed by atoms with E-state index < -0.39 is 0 Å². The van der Waals surface area contributed by atoms with E-state index in [1.54, 1.807) is 0 Å². The van der Waals surface area contributed by atoms with Crippen LogP contribution in [0.3, 0.4) is 0 Å². The van der Waals surface area contributed by atoms with Crippen molar-refractivity contribution in [2.45, 2.75) is 77.6 Å². The molecule has 2 nitrogen and oxygen atoms in total. The topological polar surface area (TPSA) is 49.8 Å². The van der Waals surface area contributed by atoms with Crippen molar-refractivity contribution < 1.29 is 0 Å². The van der Waals surface area contributed by atoms with Crippen LogP contribution in [-0.2, 0) is 6.42 Å². The van der Waals surface area contributed by atoms with Crippen LogP contribution in [0.5, 0.6) is 0 Å². The highest BCUT2D eigenvalue weighted by Crippen LogP contribution is 2.09. The lowest BCUT2D eigenvalue weighted by atomic mass is 10.1. The first-order valence-corrected chi connectivity index (χ1v) is 8.96. The van der Waals surface area contributed by atoms with Crippen molar-refractivity contribution in [3.05, 3.63) is 35.9 Å². The number of nitriles is 1. The van der Waals surface area contributed by atoms with Crippen LogP contribution < -0.4 is 5.73 Å². The molecule has 2 N–H and O–H groups in total. The Hall–Kier alpha value is -1.33. The molecule has 22 heavy (non-hydrogen) atoms. The van der Waals surface area contributed by atoms with Crippen molar-refractivity contribution in [1.82, 2.24) is 0 Å². The number of hydrogen-bond acceptors (Lipinski definition) is 2. The summed E-state index contributed by atoms with van der Waals surface area (Å²) in [6.07, 6.45) is 14.4. The first-order chi connectivity index (χ1) is 10.8. The number of hydrogen-bond donors (Lipinski definition) is 1. The molecule has 1 aromatic rings. The lowest BCUT2D eigenvalue weighted by Gasteiger charge is -2.00. The van der Waals surface area contributed by atoms with Crippen LogP contribution >= 0.6 is 0 Å². The van der Waals surface area contributed by atoms with Crippen LogP contribution in [-0.4, -0.2) is 6.54 Å². The van der Waals surface area contributed by atoms with Crippen molar-refractivity contribution in [3.63, 3.8) is 0 Å². The van der Waals surface area contributed by atoms with Gasteiger partial charge in [0.25, 0.3) is 0 Å². The summed E-state index contributed by atoms with van der Waals surface area (Å²) in [7, 11) is 0. The van der Waals surface area contributed by atoms with Gasteiger partial charge in [0.15, 0.2) is 0 Å². The number of rotatable bonds is 11. The molecule has 0 unspecified atom stereocenters. The maximum atomic E-state index is 8.27. The lowest BCUT2D eigenvalue weighted by molar-refractivity contribution is 0.558. The van der Waals surface area contributed by atoms with Crippen LogP contribution in [0.15, 0.2) is 30.3 Å². The standard InChI is InChI=1S/C12H27N.C8H7N/c1-2-3-4-5-6-7-8-9-10-11-12-13;9-7-6-8-4-2-1-3-5-8/h2-13H2,1H3;1-5H,6H2. The van der Waals surface area contributed by atoms with Crippen LogP contribution in [0.2, 0.25) is 0 Å². The van der Waals surface area contributed by atoms with E-state index in [0.717, 1.165) is 12.1 Å². The van der Waals surface area contributed by atoms with E-state index >= 15 is 0 Å². The molecule has 0 spiro atoms. The van der Waals surface area contributed by atoms with E-state index in [-0.39, 0.29) is 0 Å². The van der Waals surface area contributed by atoms with Crippen molar-refractivity contribution in [3.8, 4) is 6.07 Å². The predicted molar refractivity (Wildman–Crippen MR) is 96.7 cm³/mol. The van der Waals surface area contributed by atoms with Gasteiger partial charge in [-0.25, -0.2) is 0 Å². The average Bonchev–Trinajstić information content (AvgIpc) is 2.55. The quantitative estimate of drug-likeness (QED) is 0.539. The van der Waals surface area contributed by atoms with Gasteiger partial charge in [-0.15, -0.1) is 0 Å². The lowest BCUT2D eigenvalue weighted by Crippen LogP contribution is -1.97. The highest BCUT2D eigenvalue weighted by Gasteiger charge is 1.91. The van der Waals surface area contributed by atoms with Gasteiger partial charge in [0, 0.05) is 0 Å². The van der Waals surface area contributed by atoms with Crippen molar-refractivity contribution in [2.75, 3.05) is 6.54 Å². The molecule has 0 fully saturated rings. The third kappa shape index (κ3) is 15.1. The molecule has 1 aromatic carbocycles. The van der Waals surface area contributed by atoms with E-state index in [4.69, 9.17) is 11.0 Å². The van der Waals surface area contributed by atoms with Crippen LogP contribution in [0.1, 0.15) is 76.7 Å². The van der Waals surface area contributed by atoms with Gasteiger partial charge in [-0.2, -0.15) is 5.26 Å². The van der Waals surface area contributed by atoms with Crippen molar-refractivity contribution in [2.24, 2.45) is 5.73 Å². The molecular formula is C20H34N2. The minimum Gasteiger partial charge on any atom is -0.330 e. The summed E-state index contributed by atoms with van der Waals surface area (Å²) >= 11 is 0. The van der Waals surface area contributed by atoms with Gasteiger partial charge in [0.1, 0.15) is 0 Å². The zero-order valence-corrected chi connectivity index (χ0v) is 14.4. The Morgan fingerprint density at radius 3 is 1.77 bits per heavy atom. The zero-order valence-electron chi connectivity index (χ0n) is 14.4. The van der Waals surface area contributed by atoms with Crippen LogP contribution in [0.25, 0.3) is 0 Å². The van der Waals surface area contributed by atoms with Gasteiger partial charge in [-0.05, 0) is 18.5 Å². The van der Waals surface area contributed by atoms with E-state index in [9.17, 15) is 0 Å². The molecule has 0 amide bonds. The van der Waals surface area contributed by atoms with Gasteiger partial charge in [-0.1, -0.05) is 95.0 Å². The highest BCUT2D eigenvalue weighted by molar-refractivity contribution is 5.17. The van der Waals surface area contributed by atoms with Gasteiger partial charge < -0.3 is 5.73 Å². The third-order valence-corrected chi connectivity index (χ3v) is 3.68. The number of benzene rings is 1. The SMILES string of the molecule is CCCCCCCCCCCCN.N#CCc1ccccc1. The second-order valence-corrected chi connectivity index (χ2v) is 5.79. The molecule has 0 aliphatic carbocycles. The first-order valence-electron chi connectivity index (χ1n) is 8.96. The van der Waals surface area contributed by atoms with Gasteiger partial charge >= 0.3 is 0 Å². The summed E-state index contributed by atoms with van der Waals surface area (Å²) in [4.78, 5) is 0. The van der Waals surface area contributed by atoms with E-state index in [0.29, 0.717) is 6.42 Å². The Balaban J connectivity index is 0.000000425. The fourth-order valence-corrected chi connectivity index (χ4v) is 2.32. The highest BCUT2D eigenvalue weighted by atomic mass is 14.5. The predicted octanol–water partition coefficient (Wildman–Crippen LogP) is 5.62. The Labute approximate surface area is 137 Å². The van der Waals surface area contributed by atoms with E-state index in [2.05, 4.69) is 13.0 Å². The summed E-state index contributed by atoms with van der Waals surface area (Å²) in [5, 5.41) is 8.27. The molecule has 0 aromatic heterocycles. The number of nitrogens with two attached hydrogens (primary N) is 1. The molecule has 2 heteroatoms. The monoisotopic (exact) mass is 302 g/mol. The minimum atomic E-state index is 0.515. The largest absolute Gasteiger partial charge is 0.330 e. The second kappa shape index (κ2) is 17.7. The number of nitrogens with zero attached hydrogens (tertiary/aromatic N) is 1. The summed E-state index contributed by atoms with van der Waals surface area (Å²) in [5.41, 5.74) is 6.51. The molecule has 0 atom stereocenters. The maximum Gasteiger partial charge on any atom is 0.0669 e. The smallest absolute Gasteiger partial charge is 0.0669 e. The second-order valence-electron chi connectivity index (χ2n) is 5.79. The molecular weight excluding hydrogens is 268 g/mol. The minimum absolute atomic E-state index is 0.515. The Kier molecular flexibility index (Phi) is 16.6. The fourth-order valence-electron chi connectivity index (χ4n) is 2.32. The summed E-state index contributed by atoms with van der Waals surface area (Å²) in [6.45, 7) is 3.14. The summed E-state index contributed by atoms with van der Waals surface area (Å²) in [6, 6.07) is 11.8. The first kappa shape index (κ1) is 20.7. The summed E-state index contributed by atoms with van der Waals surface area (Å²) in [5.74, 6) is 0. The number of unbranched alkanes of at least 4 members (excludes halogenated alkanes) is 9. The molecule has 0 saturated heterocycles. The molecule has 0 saturated carbocycles. The van der Waals surface area contributed by atoms with Crippen molar-refractivity contribution >= 4 is 0 Å². The Bertz CT molecular complexity index is 344. The van der Waals surface area contributed by atoms with E-state index in [1.807, 2.05) is 30.3 Å². The molecule has 0 radical (unpaired) electrons. The fraction of sp³-hybridized carbons (Fsp3) is 0.650. The third-order valence-electron chi connectivity index (χ3n) is 3.68. The van der Waals surface area contributed by atoms with Gasteiger partial charge in [0.05, 0.1) is 12.5 Å². The molecule has 0 heterocycles. The maximum absolute atomic E-state index is 8.27. The Morgan fingerprint density at radius 1 is 0.818 bits per heavy atom. The van der Waals surface area contributed by atoms with Crippen molar-refractivity contribution in [1.29, 1.82) is 5.26 Å². The van der Waals surface area contributed by atoms with E-state index in [1.165, 1.54) is 64.2 Å².